The van der Waals surface area contributed by atoms with Crippen molar-refractivity contribution in [2.45, 2.75) is 41.4 Å². The molecule has 1 saturated carbocycles. The van der Waals surface area contributed by atoms with Crippen molar-refractivity contribution in [1.29, 1.82) is 0 Å². The Balaban J connectivity index is 1.65. The van der Waals surface area contributed by atoms with Gasteiger partial charge in [0, 0.05) is 6.42 Å². The fourth-order valence-electron chi connectivity index (χ4n) is 2.80. The number of carboxylic acid groups (broad SMARTS) is 1. The van der Waals surface area contributed by atoms with Crippen LogP contribution in [0.1, 0.15) is 42.9 Å². The molecule has 0 unspecified atom stereocenters. The SMILES string of the molecule is O=C(O)C1(Sc2nc3n(n2)[C@H](c2ccccc2)C[C@@H]3F)CC1. The highest BCUT2D eigenvalue weighted by molar-refractivity contribution is 8.01. The Morgan fingerprint density at radius 3 is 2.73 bits per heavy atom. The Kier molecular flexibility index (Phi) is 3.00. The molecule has 2 aliphatic rings. The summed E-state index contributed by atoms with van der Waals surface area (Å²) in [6, 6.07) is 9.46. The monoisotopic (exact) mass is 319 g/mol. The van der Waals surface area contributed by atoms with E-state index in [0.717, 1.165) is 17.3 Å². The predicted octanol–water partition coefficient (Wildman–Crippen LogP) is 2.99. The summed E-state index contributed by atoms with van der Waals surface area (Å²) in [5.41, 5.74) is 0.990. The van der Waals surface area contributed by atoms with E-state index in [-0.39, 0.29) is 6.04 Å². The number of rotatable bonds is 4. The minimum Gasteiger partial charge on any atom is -0.480 e. The van der Waals surface area contributed by atoms with Crippen LogP contribution in [-0.4, -0.2) is 30.6 Å². The second-order valence-corrected chi connectivity index (χ2v) is 7.08. The van der Waals surface area contributed by atoms with E-state index in [1.807, 2.05) is 30.3 Å². The second kappa shape index (κ2) is 4.81. The summed E-state index contributed by atoms with van der Waals surface area (Å²) in [6.07, 6.45) is 0.386. The molecule has 114 valence electrons. The van der Waals surface area contributed by atoms with E-state index in [1.165, 1.54) is 0 Å². The molecule has 4 rings (SSSR count). The minimum absolute atomic E-state index is 0.173. The van der Waals surface area contributed by atoms with Gasteiger partial charge >= 0.3 is 5.97 Å². The molecule has 0 bridgehead atoms. The third kappa shape index (κ3) is 2.11. The highest BCUT2D eigenvalue weighted by Gasteiger charge is 2.52. The molecule has 0 saturated heterocycles. The van der Waals surface area contributed by atoms with Crippen LogP contribution < -0.4 is 0 Å². The van der Waals surface area contributed by atoms with Crippen molar-refractivity contribution in [3.8, 4) is 0 Å². The molecule has 1 aliphatic heterocycles. The summed E-state index contributed by atoms with van der Waals surface area (Å²) in [6.45, 7) is 0. The molecular formula is C15H14FN3O2S. The topological polar surface area (TPSA) is 68.0 Å². The normalized spacial score (nSPS) is 25.0. The van der Waals surface area contributed by atoms with Gasteiger partial charge < -0.3 is 5.11 Å². The quantitative estimate of drug-likeness (QED) is 0.938. The van der Waals surface area contributed by atoms with Crippen LogP contribution in [0.5, 0.6) is 0 Å². The first-order valence-corrected chi connectivity index (χ1v) is 7.98. The summed E-state index contributed by atoms with van der Waals surface area (Å²) < 4.78 is 15.0. The van der Waals surface area contributed by atoms with Gasteiger partial charge in [0.25, 0.3) is 0 Å². The number of halogens is 1. The number of aliphatic carboxylic acids is 1. The van der Waals surface area contributed by atoms with Gasteiger partial charge in [-0.2, -0.15) is 0 Å². The lowest BCUT2D eigenvalue weighted by molar-refractivity contribution is -0.137. The molecule has 0 radical (unpaired) electrons. The molecule has 1 aliphatic carbocycles. The van der Waals surface area contributed by atoms with Crippen molar-refractivity contribution in [2.24, 2.45) is 0 Å². The summed E-state index contributed by atoms with van der Waals surface area (Å²) >= 11 is 1.14. The van der Waals surface area contributed by atoms with E-state index in [1.54, 1.807) is 4.68 Å². The predicted molar refractivity (Wildman–Crippen MR) is 78.5 cm³/mol. The molecule has 0 amide bonds. The first kappa shape index (κ1) is 13.8. The van der Waals surface area contributed by atoms with Crippen molar-refractivity contribution in [3.63, 3.8) is 0 Å². The zero-order valence-corrected chi connectivity index (χ0v) is 12.5. The van der Waals surface area contributed by atoms with Crippen molar-refractivity contribution >= 4 is 17.7 Å². The molecule has 1 aromatic heterocycles. The number of thioether (sulfide) groups is 1. The lowest BCUT2D eigenvalue weighted by Gasteiger charge is -2.11. The van der Waals surface area contributed by atoms with Gasteiger partial charge in [-0.1, -0.05) is 42.1 Å². The van der Waals surface area contributed by atoms with Crippen LogP contribution in [0, 0.1) is 0 Å². The number of carboxylic acids is 1. The number of nitrogens with zero attached hydrogens (tertiary/aromatic N) is 3. The van der Waals surface area contributed by atoms with Crippen molar-refractivity contribution in [3.05, 3.63) is 41.7 Å². The molecule has 22 heavy (non-hydrogen) atoms. The van der Waals surface area contributed by atoms with Gasteiger partial charge in [0.2, 0.25) is 5.16 Å². The number of benzene rings is 1. The number of hydrogen-bond donors (Lipinski definition) is 1. The van der Waals surface area contributed by atoms with Crippen LogP contribution in [0.3, 0.4) is 0 Å². The molecule has 2 atom stereocenters. The van der Waals surface area contributed by atoms with Crippen molar-refractivity contribution in [2.75, 3.05) is 0 Å². The third-order valence-corrected chi connectivity index (χ3v) is 5.54. The molecule has 2 heterocycles. The van der Waals surface area contributed by atoms with Gasteiger partial charge in [0.05, 0.1) is 6.04 Å². The van der Waals surface area contributed by atoms with Crippen LogP contribution in [-0.2, 0) is 4.79 Å². The summed E-state index contributed by atoms with van der Waals surface area (Å²) in [5.74, 6) is -0.540. The molecule has 0 spiro atoms. The van der Waals surface area contributed by atoms with Crippen LogP contribution in [0.2, 0.25) is 0 Å². The first-order valence-electron chi connectivity index (χ1n) is 7.17. The van der Waals surface area contributed by atoms with Crippen LogP contribution in [0.4, 0.5) is 4.39 Å². The smallest absolute Gasteiger partial charge is 0.320 e. The van der Waals surface area contributed by atoms with Crippen molar-refractivity contribution < 1.29 is 14.3 Å². The number of carbonyl (C=O) groups is 1. The van der Waals surface area contributed by atoms with E-state index in [2.05, 4.69) is 10.1 Å². The molecule has 1 aromatic carbocycles. The maximum atomic E-state index is 14.2. The summed E-state index contributed by atoms with van der Waals surface area (Å²) in [5, 5.41) is 14.0. The van der Waals surface area contributed by atoms with E-state index in [0.29, 0.717) is 30.2 Å². The fourth-order valence-corrected chi connectivity index (χ4v) is 3.81. The first-order chi connectivity index (χ1) is 10.6. The number of alkyl halides is 1. The molecule has 1 fully saturated rings. The second-order valence-electron chi connectivity index (χ2n) is 5.73. The van der Waals surface area contributed by atoms with Gasteiger partial charge in [0.1, 0.15) is 4.75 Å². The van der Waals surface area contributed by atoms with Gasteiger partial charge in [-0.15, -0.1) is 5.10 Å². The van der Waals surface area contributed by atoms with Crippen LogP contribution in [0.25, 0.3) is 0 Å². The lowest BCUT2D eigenvalue weighted by Crippen LogP contribution is -2.17. The van der Waals surface area contributed by atoms with Gasteiger partial charge in [-0.05, 0) is 18.4 Å². The lowest BCUT2D eigenvalue weighted by atomic mass is 10.0. The molecule has 5 nitrogen and oxygen atoms in total. The van der Waals surface area contributed by atoms with E-state index in [9.17, 15) is 14.3 Å². The number of aromatic nitrogens is 3. The molecule has 2 aromatic rings. The number of fused-ring (bicyclic) bond motifs is 1. The zero-order chi connectivity index (χ0) is 15.3. The van der Waals surface area contributed by atoms with E-state index in [4.69, 9.17) is 0 Å². The van der Waals surface area contributed by atoms with Crippen LogP contribution >= 0.6 is 11.8 Å². The molecule has 1 N–H and O–H groups in total. The Labute approximate surface area is 130 Å². The number of hydrogen-bond acceptors (Lipinski definition) is 4. The minimum atomic E-state index is -1.16. The highest BCUT2D eigenvalue weighted by atomic mass is 32.2. The van der Waals surface area contributed by atoms with Gasteiger partial charge in [-0.3, -0.25) is 4.79 Å². The average Bonchev–Trinajstić information content (AvgIpc) is 3.08. The molecular weight excluding hydrogens is 305 g/mol. The Morgan fingerprint density at radius 2 is 2.09 bits per heavy atom. The molecule has 7 heteroatoms. The standard InChI is InChI=1S/C15H14FN3O2S/c16-10-8-11(9-4-2-1-3-5-9)19-12(10)17-14(18-19)22-15(6-7-15)13(20)21/h1-5,10-11H,6-8H2,(H,20,21)/t10-,11-/m0/s1. The van der Waals surface area contributed by atoms with Crippen LogP contribution in [0.15, 0.2) is 35.5 Å². The maximum Gasteiger partial charge on any atom is 0.320 e. The average molecular weight is 319 g/mol. The van der Waals surface area contributed by atoms with Gasteiger partial charge in [0.15, 0.2) is 12.0 Å². The Morgan fingerprint density at radius 1 is 1.36 bits per heavy atom. The van der Waals surface area contributed by atoms with E-state index >= 15 is 0 Å². The third-order valence-electron chi connectivity index (χ3n) is 4.21. The largest absolute Gasteiger partial charge is 0.480 e. The Bertz CT molecular complexity index is 730. The fraction of sp³-hybridized carbons (Fsp3) is 0.400. The zero-order valence-electron chi connectivity index (χ0n) is 11.6. The van der Waals surface area contributed by atoms with E-state index < -0.39 is 16.9 Å². The maximum absolute atomic E-state index is 14.2. The Hall–Kier alpha value is -1.89. The summed E-state index contributed by atoms with van der Waals surface area (Å²) in [7, 11) is 0. The summed E-state index contributed by atoms with van der Waals surface area (Å²) in [4.78, 5) is 15.5. The van der Waals surface area contributed by atoms with Crippen molar-refractivity contribution in [1.82, 2.24) is 14.8 Å². The highest BCUT2D eigenvalue weighted by Crippen LogP contribution is 2.52. The van der Waals surface area contributed by atoms with Gasteiger partial charge in [-0.25, -0.2) is 14.1 Å².